The molecule has 1 rings (SSSR count). The number of nitrogens with two attached hydrogens (primary N) is 1. The number of pyridine rings is 1. The SMILES string of the molecule is CCCC[C@H](N)C(=O)Nc1ccc(Cl)nc1. The Hall–Kier alpha value is -1.13. The molecule has 0 fully saturated rings. The van der Waals surface area contributed by atoms with Crippen molar-refractivity contribution in [1.82, 2.24) is 4.98 Å². The Labute approximate surface area is 100 Å². The molecular formula is C11H16ClN3O. The molecule has 5 heteroatoms. The Balaban J connectivity index is 2.47. The van der Waals surface area contributed by atoms with Gasteiger partial charge in [-0.15, -0.1) is 0 Å². The van der Waals surface area contributed by atoms with Gasteiger partial charge >= 0.3 is 0 Å². The third-order valence-electron chi connectivity index (χ3n) is 2.20. The summed E-state index contributed by atoms with van der Waals surface area (Å²) in [6.07, 6.45) is 4.19. The molecule has 0 aliphatic heterocycles. The van der Waals surface area contributed by atoms with Crippen molar-refractivity contribution in [3.8, 4) is 0 Å². The highest BCUT2D eigenvalue weighted by Gasteiger charge is 2.12. The molecular weight excluding hydrogens is 226 g/mol. The highest BCUT2D eigenvalue weighted by atomic mass is 35.5. The monoisotopic (exact) mass is 241 g/mol. The van der Waals surface area contributed by atoms with Gasteiger partial charge in [0.2, 0.25) is 5.91 Å². The van der Waals surface area contributed by atoms with Crippen molar-refractivity contribution in [2.45, 2.75) is 32.2 Å². The van der Waals surface area contributed by atoms with Crippen LogP contribution in [-0.4, -0.2) is 16.9 Å². The molecule has 0 bridgehead atoms. The third kappa shape index (κ3) is 4.16. The van der Waals surface area contributed by atoms with E-state index in [0.717, 1.165) is 12.8 Å². The molecule has 1 aromatic rings. The quantitative estimate of drug-likeness (QED) is 0.777. The predicted molar refractivity (Wildman–Crippen MR) is 65.4 cm³/mol. The van der Waals surface area contributed by atoms with Gasteiger partial charge in [-0.05, 0) is 18.6 Å². The fraction of sp³-hybridized carbons (Fsp3) is 0.455. The first-order valence-electron chi connectivity index (χ1n) is 5.31. The van der Waals surface area contributed by atoms with E-state index in [1.807, 2.05) is 0 Å². The minimum absolute atomic E-state index is 0.183. The summed E-state index contributed by atoms with van der Waals surface area (Å²) in [5, 5.41) is 3.09. The molecule has 1 atom stereocenters. The van der Waals surface area contributed by atoms with Crippen molar-refractivity contribution < 1.29 is 4.79 Å². The van der Waals surface area contributed by atoms with E-state index < -0.39 is 6.04 Å². The second-order valence-corrected chi connectivity index (χ2v) is 3.99. The van der Waals surface area contributed by atoms with Crippen molar-refractivity contribution >= 4 is 23.2 Å². The standard InChI is InChI=1S/C11H16ClN3O/c1-2-3-4-9(13)11(16)15-8-5-6-10(12)14-7-8/h5-7,9H,2-4,13H2,1H3,(H,15,16)/t9-/m0/s1. The lowest BCUT2D eigenvalue weighted by molar-refractivity contribution is -0.117. The molecule has 0 spiro atoms. The Morgan fingerprint density at radius 1 is 1.62 bits per heavy atom. The number of carbonyl (C=O) groups is 1. The van der Waals surface area contributed by atoms with Gasteiger partial charge in [0.15, 0.2) is 0 Å². The van der Waals surface area contributed by atoms with Crippen LogP contribution in [0.4, 0.5) is 5.69 Å². The topological polar surface area (TPSA) is 68.0 Å². The van der Waals surface area contributed by atoms with E-state index in [-0.39, 0.29) is 5.91 Å². The number of halogens is 1. The van der Waals surface area contributed by atoms with Gasteiger partial charge in [0.05, 0.1) is 17.9 Å². The molecule has 0 aliphatic carbocycles. The van der Waals surface area contributed by atoms with E-state index in [4.69, 9.17) is 17.3 Å². The molecule has 16 heavy (non-hydrogen) atoms. The Morgan fingerprint density at radius 3 is 2.94 bits per heavy atom. The van der Waals surface area contributed by atoms with Crippen molar-refractivity contribution in [3.05, 3.63) is 23.5 Å². The minimum Gasteiger partial charge on any atom is -0.323 e. The number of hydrogen-bond donors (Lipinski definition) is 2. The fourth-order valence-corrected chi connectivity index (χ4v) is 1.35. The number of carbonyl (C=O) groups excluding carboxylic acids is 1. The summed E-state index contributed by atoms with van der Waals surface area (Å²) in [7, 11) is 0. The van der Waals surface area contributed by atoms with Crippen LogP contribution in [0, 0.1) is 0 Å². The van der Waals surface area contributed by atoms with Crippen LogP contribution in [0.5, 0.6) is 0 Å². The molecule has 4 nitrogen and oxygen atoms in total. The Bertz CT molecular complexity index is 340. The van der Waals surface area contributed by atoms with Crippen LogP contribution in [-0.2, 0) is 4.79 Å². The maximum atomic E-state index is 11.6. The van der Waals surface area contributed by atoms with E-state index >= 15 is 0 Å². The van der Waals surface area contributed by atoms with Crippen LogP contribution in [0.25, 0.3) is 0 Å². The van der Waals surface area contributed by atoms with Gasteiger partial charge in [-0.1, -0.05) is 31.4 Å². The molecule has 0 saturated heterocycles. The average molecular weight is 242 g/mol. The second-order valence-electron chi connectivity index (χ2n) is 3.61. The van der Waals surface area contributed by atoms with E-state index in [0.29, 0.717) is 17.3 Å². The molecule has 88 valence electrons. The zero-order chi connectivity index (χ0) is 12.0. The first-order valence-corrected chi connectivity index (χ1v) is 5.69. The van der Waals surface area contributed by atoms with Crippen molar-refractivity contribution in [3.63, 3.8) is 0 Å². The van der Waals surface area contributed by atoms with Gasteiger partial charge in [0.1, 0.15) is 5.15 Å². The van der Waals surface area contributed by atoms with Gasteiger partial charge in [0.25, 0.3) is 0 Å². The summed E-state index contributed by atoms with van der Waals surface area (Å²) < 4.78 is 0. The number of nitrogens with one attached hydrogen (secondary N) is 1. The van der Waals surface area contributed by atoms with Gasteiger partial charge in [-0.25, -0.2) is 4.98 Å². The van der Waals surface area contributed by atoms with E-state index in [1.54, 1.807) is 12.1 Å². The van der Waals surface area contributed by atoms with Crippen molar-refractivity contribution in [1.29, 1.82) is 0 Å². The zero-order valence-electron chi connectivity index (χ0n) is 9.24. The number of aromatic nitrogens is 1. The molecule has 0 unspecified atom stereocenters. The molecule has 1 amide bonds. The Morgan fingerprint density at radius 2 is 2.38 bits per heavy atom. The lowest BCUT2D eigenvalue weighted by atomic mass is 10.1. The van der Waals surface area contributed by atoms with Crippen LogP contribution in [0.15, 0.2) is 18.3 Å². The largest absolute Gasteiger partial charge is 0.323 e. The number of amides is 1. The maximum absolute atomic E-state index is 11.6. The summed E-state index contributed by atoms with van der Waals surface area (Å²) in [5.41, 5.74) is 6.33. The van der Waals surface area contributed by atoms with Crippen LogP contribution in [0.2, 0.25) is 5.15 Å². The summed E-state index contributed by atoms with van der Waals surface area (Å²) >= 11 is 5.63. The highest BCUT2D eigenvalue weighted by molar-refractivity contribution is 6.29. The molecule has 0 radical (unpaired) electrons. The normalized spacial score (nSPS) is 12.2. The highest BCUT2D eigenvalue weighted by Crippen LogP contribution is 2.10. The van der Waals surface area contributed by atoms with Crippen LogP contribution in [0.1, 0.15) is 26.2 Å². The lowest BCUT2D eigenvalue weighted by Gasteiger charge is -2.11. The molecule has 0 saturated carbocycles. The first kappa shape index (κ1) is 12.9. The van der Waals surface area contributed by atoms with Crippen LogP contribution < -0.4 is 11.1 Å². The van der Waals surface area contributed by atoms with E-state index in [2.05, 4.69) is 17.2 Å². The third-order valence-corrected chi connectivity index (χ3v) is 2.42. The molecule has 3 N–H and O–H groups in total. The lowest BCUT2D eigenvalue weighted by Crippen LogP contribution is -2.35. The number of nitrogens with zero attached hydrogens (tertiary/aromatic N) is 1. The zero-order valence-corrected chi connectivity index (χ0v) is 10.00. The smallest absolute Gasteiger partial charge is 0.241 e. The van der Waals surface area contributed by atoms with Gasteiger partial charge < -0.3 is 11.1 Å². The summed E-state index contributed by atoms with van der Waals surface area (Å²) in [6, 6.07) is 2.85. The average Bonchev–Trinajstić information content (AvgIpc) is 2.29. The van der Waals surface area contributed by atoms with Gasteiger partial charge in [-0.3, -0.25) is 4.79 Å². The fourth-order valence-electron chi connectivity index (χ4n) is 1.24. The molecule has 0 aliphatic rings. The van der Waals surface area contributed by atoms with Crippen LogP contribution in [0.3, 0.4) is 0 Å². The van der Waals surface area contributed by atoms with Crippen LogP contribution >= 0.6 is 11.6 Å². The number of rotatable bonds is 5. The van der Waals surface area contributed by atoms with Gasteiger partial charge in [-0.2, -0.15) is 0 Å². The number of hydrogen-bond acceptors (Lipinski definition) is 3. The molecule has 1 heterocycles. The van der Waals surface area contributed by atoms with E-state index in [9.17, 15) is 4.79 Å². The van der Waals surface area contributed by atoms with Crippen molar-refractivity contribution in [2.24, 2.45) is 5.73 Å². The molecule has 1 aromatic heterocycles. The maximum Gasteiger partial charge on any atom is 0.241 e. The van der Waals surface area contributed by atoms with Gasteiger partial charge in [0, 0.05) is 0 Å². The second kappa shape index (κ2) is 6.45. The summed E-state index contributed by atoms with van der Waals surface area (Å²) in [6.45, 7) is 2.06. The minimum atomic E-state index is -0.462. The summed E-state index contributed by atoms with van der Waals surface area (Å²) in [4.78, 5) is 15.5. The number of unbranched alkanes of at least 4 members (excludes halogenated alkanes) is 1. The predicted octanol–water partition coefficient (Wildman–Crippen LogP) is 2.19. The Kier molecular flexibility index (Phi) is 5.22. The molecule has 0 aromatic carbocycles. The summed E-state index contributed by atoms with van der Waals surface area (Å²) in [5.74, 6) is -0.183. The van der Waals surface area contributed by atoms with Crippen molar-refractivity contribution in [2.75, 3.05) is 5.32 Å². The van der Waals surface area contributed by atoms with E-state index in [1.165, 1.54) is 6.20 Å². The number of anilines is 1. The first-order chi connectivity index (χ1) is 7.63.